The van der Waals surface area contributed by atoms with E-state index in [4.69, 9.17) is 0 Å². The van der Waals surface area contributed by atoms with Crippen LogP contribution in [0.3, 0.4) is 0 Å². The average Bonchev–Trinajstić information content (AvgIpc) is 2.60. The zero-order valence-electron chi connectivity index (χ0n) is 17.3. The molecule has 0 aromatic heterocycles. The van der Waals surface area contributed by atoms with Crippen LogP contribution in [-0.4, -0.2) is 0 Å². The first-order valence-corrected chi connectivity index (χ1v) is 9.92. The molecule has 0 heterocycles. The van der Waals surface area contributed by atoms with Crippen molar-refractivity contribution in [2.24, 2.45) is 5.92 Å². The predicted octanol–water partition coefficient (Wildman–Crippen LogP) is 7.42. The first-order valence-electron chi connectivity index (χ1n) is 9.92. The summed E-state index contributed by atoms with van der Waals surface area (Å²) in [7, 11) is 0. The maximum atomic E-state index is 2.49. The molecule has 0 fully saturated rings. The molecule has 25 heavy (non-hydrogen) atoms. The van der Waals surface area contributed by atoms with Crippen LogP contribution in [0.15, 0.2) is 48.5 Å². The van der Waals surface area contributed by atoms with Crippen LogP contribution in [0, 0.1) is 12.8 Å². The van der Waals surface area contributed by atoms with Crippen molar-refractivity contribution in [1.82, 2.24) is 0 Å². The molecule has 0 radical (unpaired) electrons. The van der Waals surface area contributed by atoms with E-state index >= 15 is 0 Å². The minimum atomic E-state index is 0.0201. The van der Waals surface area contributed by atoms with E-state index in [9.17, 15) is 0 Å². The maximum Gasteiger partial charge on any atom is 0.0146 e. The van der Waals surface area contributed by atoms with Gasteiger partial charge in [0.1, 0.15) is 0 Å². The van der Waals surface area contributed by atoms with E-state index in [1.54, 1.807) is 0 Å². The van der Waals surface area contributed by atoms with Gasteiger partial charge in [0.05, 0.1) is 0 Å². The Morgan fingerprint density at radius 3 is 2.04 bits per heavy atom. The Bertz CT molecular complexity index is 676. The lowest BCUT2D eigenvalue weighted by atomic mass is 9.67. The Balaban J connectivity index is 2.50. The van der Waals surface area contributed by atoms with Gasteiger partial charge >= 0.3 is 0 Å². The lowest BCUT2D eigenvalue weighted by molar-refractivity contribution is 0.285. The Kier molecular flexibility index (Phi) is 6.14. The molecule has 1 unspecified atom stereocenters. The third kappa shape index (κ3) is 4.00. The summed E-state index contributed by atoms with van der Waals surface area (Å²) in [6.07, 6.45) is 3.80. The molecule has 0 aliphatic rings. The first kappa shape index (κ1) is 19.8. The minimum absolute atomic E-state index is 0.0201. The van der Waals surface area contributed by atoms with Gasteiger partial charge in [-0.25, -0.2) is 0 Å². The summed E-state index contributed by atoms with van der Waals surface area (Å²) < 4.78 is 0. The fraction of sp³-hybridized carbons (Fsp3) is 0.520. The molecule has 1 atom stereocenters. The lowest BCUT2D eigenvalue weighted by Gasteiger charge is -2.37. The van der Waals surface area contributed by atoms with Crippen molar-refractivity contribution in [2.45, 2.75) is 78.6 Å². The number of aryl methyl sites for hydroxylation is 1. The van der Waals surface area contributed by atoms with Gasteiger partial charge in [0, 0.05) is 5.41 Å². The quantitative estimate of drug-likeness (QED) is 0.493. The smallest absolute Gasteiger partial charge is 0.0146 e. The lowest BCUT2D eigenvalue weighted by Crippen LogP contribution is -2.30. The fourth-order valence-corrected chi connectivity index (χ4v) is 4.37. The van der Waals surface area contributed by atoms with Crippen molar-refractivity contribution < 1.29 is 0 Å². The van der Waals surface area contributed by atoms with E-state index in [0.29, 0.717) is 0 Å². The van der Waals surface area contributed by atoms with Gasteiger partial charge in [-0.3, -0.25) is 0 Å². The summed E-state index contributed by atoms with van der Waals surface area (Å²) in [5.74, 6) is 0.728. The Labute approximate surface area is 155 Å². The molecule has 2 aromatic carbocycles. The normalized spacial score (nSPS) is 13.7. The van der Waals surface area contributed by atoms with Gasteiger partial charge in [-0.15, -0.1) is 0 Å². The molecule has 136 valence electrons. The summed E-state index contributed by atoms with van der Waals surface area (Å²) >= 11 is 0. The SMILES string of the molecule is CCCC(CC)C(C)(C)c1cc(C(C)(C)c2ccccc2)ccc1C. The van der Waals surface area contributed by atoms with E-state index in [-0.39, 0.29) is 10.8 Å². The summed E-state index contributed by atoms with van der Waals surface area (Å²) in [5.41, 5.74) is 5.97. The van der Waals surface area contributed by atoms with Gasteiger partial charge in [-0.1, -0.05) is 103 Å². The molecule has 0 N–H and O–H groups in total. The highest BCUT2D eigenvalue weighted by Crippen LogP contribution is 2.41. The van der Waals surface area contributed by atoms with Crippen LogP contribution in [0.5, 0.6) is 0 Å². The highest BCUT2D eigenvalue weighted by atomic mass is 14.4. The fourth-order valence-electron chi connectivity index (χ4n) is 4.37. The average molecular weight is 337 g/mol. The third-order valence-electron chi connectivity index (χ3n) is 6.30. The Hall–Kier alpha value is -1.56. The van der Waals surface area contributed by atoms with E-state index in [2.05, 4.69) is 97.0 Å². The molecule has 0 aliphatic heterocycles. The Morgan fingerprint density at radius 2 is 1.48 bits per heavy atom. The molecule has 0 saturated carbocycles. The van der Waals surface area contributed by atoms with Crippen LogP contribution in [0.1, 0.15) is 83.1 Å². The van der Waals surface area contributed by atoms with Gasteiger partial charge in [0.2, 0.25) is 0 Å². The molecule has 0 aliphatic carbocycles. The standard InChI is InChI=1S/C25H36/c1-8-13-20(9-2)25(6,7)23-18-22(17-16-19(23)3)24(4,5)21-14-11-10-12-15-21/h10-12,14-18,20H,8-9,13H2,1-7H3. The largest absolute Gasteiger partial charge is 0.0654 e. The van der Waals surface area contributed by atoms with E-state index in [0.717, 1.165) is 5.92 Å². The molecule has 2 rings (SSSR count). The minimum Gasteiger partial charge on any atom is -0.0654 e. The van der Waals surface area contributed by atoms with Crippen LogP contribution in [0.25, 0.3) is 0 Å². The molecular formula is C25H36. The second kappa shape index (κ2) is 7.77. The van der Waals surface area contributed by atoms with Crippen molar-refractivity contribution in [1.29, 1.82) is 0 Å². The predicted molar refractivity (Wildman–Crippen MR) is 111 cm³/mol. The van der Waals surface area contributed by atoms with E-state index in [1.807, 2.05) is 0 Å². The molecule has 0 saturated heterocycles. The zero-order chi connectivity index (χ0) is 18.7. The number of benzene rings is 2. The first-order chi connectivity index (χ1) is 11.7. The van der Waals surface area contributed by atoms with Crippen LogP contribution < -0.4 is 0 Å². The summed E-state index contributed by atoms with van der Waals surface area (Å²) in [5, 5.41) is 0. The molecule has 0 amide bonds. The van der Waals surface area contributed by atoms with Gasteiger partial charge in [0.15, 0.2) is 0 Å². The number of hydrogen-bond donors (Lipinski definition) is 0. The molecule has 0 spiro atoms. The van der Waals surface area contributed by atoms with E-state index in [1.165, 1.54) is 41.5 Å². The third-order valence-corrected chi connectivity index (χ3v) is 6.30. The second-order valence-corrected chi connectivity index (χ2v) is 8.64. The highest BCUT2D eigenvalue weighted by molar-refractivity contribution is 5.44. The van der Waals surface area contributed by atoms with Crippen molar-refractivity contribution in [2.75, 3.05) is 0 Å². The van der Waals surface area contributed by atoms with Gasteiger partial charge in [-0.05, 0) is 46.9 Å². The summed E-state index contributed by atoms with van der Waals surface area (Å²) in [6.45, 7) is 16.5. The molecule has 0 nitrogen and oxygen atoms in total. The second-order valence-electron chi connectivity index (χ2n) is 8.64. The van der Waals surface area contributed by atoms with Crippen LogP contribution >= 0.6 is 0 Å². The van der Waals surface area contributed by atoms with Gasteiger partial charge in [-0.2, -0.15) is 0 Å². The maximum absolute atomic E-state index is 2.49. The topological polar surface area (TPSA) is 0 Å². The zero-order valence-corrected chi connectivity index (χ0v) is 17.3. The van der Waals surface area contributed by atoms with Crippen LogP contribution in [0.4, 0.5) is 0 Å². The van der Waals surface area contributed by atoms with Crippen LogP contribution in [-0.2, 0) is 10.8 Å². The number of hydrogen-bond acceptors (Lipinski definition) is 0. The van der Waals surface area contributed by atoms with Gasteiger partial charge in [0.25, 0.3) is 0 Å². The van der Waals surface area contributed by atoms with Crippen molar-refractivity contribution in [3.05, 3.63) is 70.8 Å². The number of rotatable bonds is 7. The summed E-state index contributed by atoms with van der Waals surface area (Å²) in [4.78, 5) is 0. The van der Waals surface area contributed by atoms with E-state index < -0.39 is 0 Å². The molecule has 0 heteroatoms. The van der Waals surface area contributed by atoms with Crippen molar-refractivity contribution in [3.63, 3.8) is 0 Å². The molecule has 2 aromatic rings. The monoisotopic (exact) mass is 336 g/mol. The van der Waals surface area contributed by atoms with Crippen LogP contribution in [0.2, 0.25) is 0 Å². The summed E-state index contributed by atoms with van der Waals surface area (Å²) in [6, 6.07) is 18.0. The Morgan fingerprint density at radius 1 is 0.840 bits per heavy atom. The van der Waals surface area contributed by atoms with Crippen molar-refractivity contribution in [3.8, 4) is 0 Å². The molecule has 0 bridgehead atoms. The van der Waals surface area contributed by atoms with Gasteiger partial charge < -0.3 is 0 Å². The highest BCUT2D eigenvalue weighted by Gasteiger charge is 2.32. The van der Waals surface area contributed by atoms with Crippen molar-refractivity contribution >= 4 is 0 Å². The molecular weight excluding hydrogens is 300 g/mol.